The highest BCUT2D eigenvalue weighted by Gasteiger charge is 2.21. The van der Waals surface area contributed by atoms with Crippen molar-refractivity contribution >= 4 is 11.6 Å². The highest BCUT2D eigenvalue weighted by molar-refractivity contribution is 6.31. The topological polar surface area (TPSA) is 55.9 Å². The van der Waals surface area contributed by atoms with Gasteiger partial charge in [-0.05, 0) is 50.8 Å². The summed E-state index contributed by atoms with van der Waals surface area (Å²) in [4.78, 5) is 0. The van der Waals surface area contributed by atoms with Gasteiger partial charge in [-0.3, -0.25) is 16.0 Å². The van der Waals surface area contributed by atoms with Gasteiger partial charge in [0.2, 0.25) is 0 Å². The fraction of sp³-hybridized carbons (Fsp3) is 0.438. The first kappa shape index (κ1) is 16.0. The summed E-state index contributed by atoms with van der Waals surface area (Å²) < 4.78 is 1.92. The van der Waals surface area contributed by atoms with Crippen molar-refractivity contribution in [1.29, 1.82) is 0 Å². The van der Waals surface area contributed by atoms with E-state index >= 15 is 0 Å². The van der Waals surface area contributed by atoms with E-state index in [-0.39, 0.29) is 12.1 Å². The smallest absolute Gasteiger partial charge is 0.0834 e. The van der Waals surface area contributed by atoms with E-state index in [0.717, 1.165) is 12.1 Å². The lowest BCUT2D eigenvalue weighted by molar-refractivity contribution is 0.448. The lowest BCUT2D eigenvalue weighted by atomic mass is 9.99. The Kier molecular flexibility index (Phi) is 5.04. The minimum Gasteiger partial charge on any atom is -0.271 e. The van der Waals surface area contributed by atoms with Crippen LogP contribution in [0.4, 0.5) is 0 Å². The molecule has 4 nitrogen and oxygen atoms in total. The van der Waals surface area contributed by atoms with E-state index in [1.807, 2.05) is 4.68 Å². The molecule has 0 spiro atoms. The highest BCUT2D eigenvalue weighted by atomic mass is 35.5. The van der Waals surface area contributed by atoms with E-state index < -0.39 is 0 Å². The van der Waals surface area contributed by atoms with Crippen molar-refractivity contribution in [3.63, 3.8) is 0 Å². The summed E-state index contributed by atoms with van der Waals surface area (Å²) in [5.41, 5.74) is 7.62. The number of aryl methyl sites for hydroxylation is 2. The molecule has 0 amide bonds. The van der Waals surface area contributed by atoms with Crippen LogP contribution in [0.15, 0.2) is 24.4 Å². The Morgan fingerprint density at radius 1 is 1.29 bits per heavy atom. The zero-order valence-electron chi connectivity index (χ0n) is 13.0. The Bertz CT molecular complexity index is 619. The molecule has 0 aliphatic heterocycles. The zero-order chi connectivity index (χ0) is 15.6. The van der Waals surface area contributed by atoms with E-state index in [0.29, 0.717) is 5.02 Å². The van der Waals surface area contributed by atoms with Crippen molar-refractivity contribution in [1.82, 2.24) is 15.2 Å². The van der Waals surface area contributed by atoms with Crippen LogP contribution in [0, 0.1) is 13.8 Å². The maximum absolute atomic E-state index is 6.31. The maximum Gasteiger partial charge on any atom is 0.0834 e. The van der Waals surface area contributed by atoms with E-state index in [1.54, 1.807) is 6.20 Å². The monoisotopic (exact) mass is 306 g/mol. The predicted octanol–water partition coefficient (Wildman–Crippen LogP) is 3.48. The van der Waals surface area contributed by atoms with Crippen LogP contribution in [-0.2, 0) is 6.42 Å². The third-order valence-corrected chi connectivity index (χ3v) is 4.11. The van der Waals surface area contributed by atoms with Gasteiger partial charge >= 0.3 is 0 Å². The Hall–Kier alpha value is -1.36. The molecule has 2 rings (SSSR count). The lowest BCUT2D eigenvalue weighted by Crippen LogP contribution is -2.32. The fourth-order valence-electron chi connectivity index (χ4n) is 2.49. The van der Waals surface area contributed by atoms with Crippen LogP contribution in [0.2, 0.25) is 5.02 Å². The number of nitrogens with zero attached hydrogens (tertiary/aromatic N) is 2. The number of hydrogen-bond acceptors (Lipinski definition) is 3. The molecule has 0 saturated carbocycles. The second-order valence-corrected chi connectivity index (χ2v) is 6.17. The minimum atomic E-state index is -0.0653. The average molecular weight is 307 g/mol. The summed E-state index contributed by atoms with van der Waals surface area (Å²) in [7, 11) is 0. The summed E-state index contributed by atoms with van der Waals surface area (Å²) in [5.74, 6) is 5.77. The van der Waals surface area contributed by atoms with Gasteiger partial charge in [0.25, 0.3) is 0 Å². The molecule has 3 N–H and O–H groups in total. The zero-order valence-corrected chi connectivity index (χ0v) is 13.8. The fourth-order valence-corrected chi connectivity index (χ4v) is 2.75. The van der Waals surface area contributed by atoms with E-state index in [1.165, 1.54) is 16.7 Å². The van der Waals surface area contributed by atoms with Crippen molar-refractivity contribution in [3.05, 3.63) is 51.8 Å². The molecule has 0 bridgehead atoms. The first-order valence-corrected chi connectivity index (χ1v) is 7.57. The number of rotatable bonds is 5. The molecule has 2 aromatic rings. The van der Waals surface area contributed by atoms with Gasteiger partial charge in [-0.25, -0.2) is 0 Å². The normalized spacial score (nSPS) is 12.9. The molecule has 0 saturated heterocycles. The highest BCUT2D eigenvalue weighted by Crippen LogP contribution is 2.28. The van der Waals surface area contributed by atoms with E-state index in [4.69, 9.17) is 17.4 Å². The van der Waals surface area contributed by atoms with Gasteiger partial charge in [-0.2, -0.15) is 5.10 Å². The Labute approximate surface area is 131 Å². The number of aromatic nitrogens is 2. The third kappa shape index (κ3) is 3.46. The Morgan fingerprint density at radius 2 is 2.00 bits per heavy atom. The second-order valence-electron chi connectivity index (χ2n) is 5.76. The summed E-state index contributed by atoms with van der Waals surface area (Å²) >= 11 is 6.31. The largest absolute Gasteiger partial charge is 0.271 e. The predicted molar refractivity (Wildman–Crippen MR) is 87.3 cm³/mol. The second kappa shape index (κ2) is 6.60. The minimum absolute atomic E-state index is 0.0653. The molecular formula is C16H23ClN4. The van der Waals surface area contributed by atoms with Gasteiger partial charge in [0.1, 0.15) is 0 Å². The molecule has 1 heterocycles. The SMILES string of the molecule is Cc1ccc(CC(NN)c2c(Cl)cnn2C(C)C)cc1C. The van der Waals surface area contributed by atoms with Crippen LogP contribution >= 0.6 is 11.6 Å². The molecule has 114 valence electrons. The van der Waals surface area contributed by atoms with Crippen LogP contribution in [0.1, 0.15) is 48.3 Å². The number of nitrogens with one attached hydrogen (secondary N) is 1. The van der Waals surface area contributed by atoms with Crippen LogP contribution in [0.5, 0.6) is 0 Å². The summed E-state index contributed by atoms with van der Waals surface area (Å²) in [6.07, 6.45) is 2.46. The summed E-state index contributed by atoms with van der Waals surface area (Å²) in [5, 5.41) is 5.00. The van der Waals surface area contributed by atoms with Gasteiger partial charge in [0, 0.05) is 6.04 Å². The molecule has 1 aromatic heterocycles. The van der Waals surface area contributed by atoms with Crippen molar-refractivity contribution in [2.45, 2.75) is 46.2 Å². The van der Waals surface area contributed by atoms with Crippen LogP contribution < -0.4 is 11.3 Å². The molecule has 0 aliphatic rings. The molecule has 5 heteroatoms. The molecular weight excluding hydrogens is 284 g/mol. The van der Waals surface area contributed by atoms with E-state index in [9.17, 15) is 0 Å². The molecule has 0 radical (unpaired) electrons. The first-order chi connectivity index (χ1) is 9.93. The molecule has 1 unspecified atom stereocenters. The van der Waals surface area contributed by atoms with Gasteiger partial charge in [-0.15, -0.1) is 0 Å². The quantitative estimate of drug-likeness (QED) is 0.657. The Morgan fingerprint density at radius 3 is 2.57 bits per heavy atom. The summed E-state index contributed by atoms with van der Waals surface area (Å²) in [6.45, 7) is 8.39. The number of benzene rings is 1. The molecule has 0 aliphatic carbocycles. The lowest BCUT2D eigenvalue weighted by Gasteiger charge is -2.20. The van der Waals surface area contributed by atoms with Gasteiger partial charge < -0.3 is 0 Å². The van der Waals surface area contributed by atoms with Crippen molar-refractivity contribution in [3.8, 4) is 0 Å². The molecule has 0 fully saturated rings. The van der Waals surface area contributed by atoms with Gasteiger partial charge in [0.15, 0.2) is 0 Å². The van der Waals surface area contributed by atoms with Crippen molar-refractivity contribution in [2.75, 3.05) is 0 Å². The van der Waals surface area contributed by atoms with Gasteiger partial charge in [0.05, 0.1) is 23.0 Å². The number of halogens is 1. The molecule has 1 atom stereocenters. The molecule has 21 heavy (non-hydrogen) atoms. The maximum atomic E-state index is 6.31. The number of nitrogens with two attached hydrogens (primary N) is 1. The third-order valence-electron chi connectivity index (χ3n) is 3.82. The van der Waals surface area contributed by atoms with Crippen LogP contribution in [0.3, 0.4) is 0 Å². The average Bonchev–Trinajstić information content (AvgIpc) is 2.82. The van der Waals surface area contributed by atoms with Crippen molar-refractivity contribution < 1.29 is 0 Å². The number of hydrogen-bond donors (Lipinski definition) is 2. The first-order valence-electron chi connectivity index (χ1n) is 7.19. The Balaban J connectivity index is 2.32. The summed E-state index contributed by atoms with van der Waals surface area (Å²) in [6, 6.07) is 6.65. The molecule has 1 aromatic carbocycles. The standard InChI is InChI=1S/C16H23ClN4/c1-10(2)21-16(14(17)9-19-21)15(20-18)8-13-6-5-11(3)12(4)7-13/h5-7,9-10,15,20H,8,18H2,1-4H3. The van der Waals surface area contributed by atoms with Crippen LogP contribution in [-0.4, -0.2) is 9.78 Å². The van der Waals surface area contributed by atoms with E-state index in [2.05, 4.69) is 56.4 Å². The number of hydrazine groups is 1. The van der Waals surface area contributed by atoms with Gasteiger partial charge in [-0.1, -0.05) is 29.8 Å². The van der Waals surface area contributed by atoms with Crippen LogP contribution in [0.25, 0.3) is 0 Å². The van der Waals surface area contributed by atoms with Crippen molar-refractivity contribution in [2.24, 2.45) is 5.84 Å².